The molecule has 2 aromatic rings. The molecule has 2 heteroatoms. The Hall–Kier alpha value is -0.860. The molecular weight excluding hydrogens is 276 g/mol. The van der Waals surface area contributed by atoms with Gasteiger partial charge in [0, 0.05) is 4.47 Å². The van der Waals surface area contributed by atoms with E-state index in [0.29, 0.717) is 5.92 Å². The van der Waals surface area contributed by atoms with Gasteiger partial charge in [0.25, 0.3) is 0 Å². The second-order valence-electron chi connectivity index (χ2n) is 4.58. The van der Waals surface area contributed by atoms with Gasteiger partial charge in [0.1, 0.15) is 0 Å². The molecule has 0 fully saturated rings. The summed E-state index contributed by atoms with van der Waals surface area (Å²) in [5.41, 5.74) is 1.01. The predicted octanol–water partition coefficient (Wildman–Crippen LogP) is 4.68. The van der Waals surface area contributed by atoms with Gasteiger partial charge >= 0.3 is 0 Å². The van der Waals surface area contributed by atoms with E-state index in [-0.39, 0.29) is 6.10 Å². The topological polar surface area (TPSA) is 20.2 Å². The molecule has 0 heterocycles. The summed E-state index contributed by atoms with van der Waals surface area (Å²) in [5, 5.41) is 12.6. The summed E-state index contributed by atoms with van der Waals surface area (Å²) in [6.07, 6.45) is 0.618. The number of rotatable bonds is 3. The smallest absolute Gasteiger partial charge is 0.0815 e. The van der Waals surface area contributed by atoms with Crippen molar-refractivity contribution in [3.8, 4) is 0 Å². The van der Waals surface area contributed by atoms with E-state index in [1.165, 1.54) is 10.8 Å². The lowest BCUT2D eigenvalue weighted by atomic mass is 9.94. The maximum Gasteiger partial charge on any atom is 0.0815 e. The van der Waals surface area contributed by atoms with Crippen LogP contribution in [0.4, 0.5) is 0 Å². The fraction of sp³-hybridized carbons (Fsp3) is 0.333. The average molecular weight is 293 g/mol. The molecule has 90 valence electrons. The number of aliphatic hydroxyl groups excluding tert-OH is 1. The summed E-state index contributed by atoms with van der Waals surface area (Å²) >= 11 is 3.46. The molecule has 0 aromatic heterocycles. The molecule has 0 saturated heterocycles. The molecule has 2 aromatic carbocycles. The first-order valence-corrected chi connectivity index (χ1v) is 6.78. The van der Waals surface area contributed by atoms with Gasteiger partial charge < -0.3 is 5.11 Å². The Kier molecular flexibility index (Phi) is 3.85. The first-order valence-electron chi connectivity index (χ1n) is 5.99. The van der Waals surface area contributed by atoms with E-state index in [4.69, 9.17) is 0 Å². The van der Waals surface area contributed by atoms with Crippen molar-refractivity contribution in [1.29, 1.82) is 0 Å². The molecule has 0 saturated carbocycles. The fourth-order valence-electron chi connectivity index (χ4n) is 1.97. The van der Waals surface area contributed by atoms with E-state index in [0.717, 1.165) is 16.5 Å². The molecule has 0 bridgehead atoms. The molecule has 2 rings (SSSR count). The predicted molar refractivity (Wildman–Crippen MR) is 76.1 cm³/mol. The van der Waals surface area contributed by atoms with Gasteiger partial charge in [0.2, 0.25) is 0 Å². The molecule has 0 aliphatic heterocycles. The highest BCUT2D eigenvalue weighted by atomic mass is 79.9. The molecular formula is C15H17BrO. The first-order chi connectivity index (χ1) is 8.11. The second kappa shape index (κ2) is 5.19. The van der Waals surface area contributed by atoms with E-state index in [1.807, 2.05) is 12.1 Å². The van der Waals surface area contributed by atoms with Gasteiger partial charge in [-0.25, -0.2) is 0 Å². The van der Waals surface area contributed by atoms with Gasteiger partial charge in [-0.1, -0.05) is 54.4 Å². The van der Waals surface area contributed by atoms with Crippen molar-refractivity contribution in [2.45, 2.75) is 26.4 Å². The van der Waals surface area contributed by atoms with Crippen LogP contribution in [0.5, 0.6) is 0 Å². The van der Waals surface area contributed by atoms with Gasteiger partial charge in [-0.3, -0.25) is 0 Å². The Morgan fingerprint density at radius 3 is 2.47 bits per heavy atom. The van der Waals surface area contributed by atoms with Gasteiger partial charge in [0.05, 0.1) is 6.10 Å². The molecule has 2 unspecified atom stereocenters. The van der Waals surface area contributed by atoms with Crippen LogP contribution in [0.3, 0.4) is 0 Å². The van der Waals surface area contributed by atoms with Crippen molar-refractivity contribution < 1.29 is 5.11 Å². The van der Waals surface area contributed by atoms with Crippen molar-refractivity contribution >= 4 is 26.7 Å². The monoisotopic (exact) mass is 292 g/mol. The molecule has 1 N–H and O–H groups in total. The minimum absolute atomic E-state index is 0.294. The minimum Gasteiger partial charge on any atom is -0.388 e. The van der Waals surface area contributed by atoms with E-state index >= 15 is 0 Å². The van der Waals surface area contributed by atoms with Gasteiger partial charge in [-0.15, -0.1) is 0 Å². The molecule has 2 atom stereocenters. The van der Waals surface area contributed by atoms with Crippen LogP contribution >= 0.6 is 15.9 Å². The Labute approximate surface area is 111 Å². The normalized spacial score (nSPS) is 14.8. The lowest BCUT2D eigenvalue weighted by Gasteiger charge is -2.18. The van der Waals surface area contributed by atoms with Crippen LogP contribution in [0.1, 0.15) is 31.9 Å². The van der Waals surface area contributed by atoms with Crippen molar-refractivity contribution in [2.75, 3.05) is 0 Å². The molecule has 0 aliphatic rings. The molecule has 17 heavy (non-hydrogen) atoms. The summed E-state index contributed by atoms with van der Waals surface area (Å²) in [6, 6.07) is 12.4. The SMILES string of the molecule is CCC(C)C(O)c1ccc2cc(Br)ccc2c1. The zero-order valence-corrected chi connectivity index (χ0v) is 11.7. The van der Waals surface area contributed by atoms with Crippen LogP contribution in [0.15, 0.2) is 40.9 Å². The highest BCUT2D eigenvalue weighted by Gasteiger charge is 2.14. The van der Waals surface area contributed by atoms with Gasteiger partial charge in [-0.2, -0.15) is 0 Å². The third kappa shape index (κ3) is 2.70. The van der Waals surface area contributed by atoms with Crippen LogP contribution in [0.2, 0.25) is 0 Å². The van der Waals surface area contributed by atoms with Gasteiger partial charge in [0.15, 0.2) is 0 Å². The molecule has 0 spiro atoms. The number of fused-ring (bicyclic) bond motifs is 1. The number of aliphatic hydroxyl groups is 1. The van der Waals surface area contributed by atoms with Crippen molar-refractivity contribution in [3.63, 3.8) is 0 Å². The van der Waals surface area contributed by atoms with Gasteiger partial charge in [-0.05, 0) is 40.5 Å². The number of benzene rings is 2. The molecule has 0 amide bonds. The van der Waals surface area contributed by atoms with Crippen LogP contribution < -0.4 is 0 Å². The molecule has 0 aliphatic carbocycles. The van der Waals surface area contributed by atoms with Crippen molar-refractivity contribution in [2.24, 2.45) is 5.92 Å². The first kappa shape index (κ1) is 12.6. The number of hydrogen-bond donors (Lipinski definition) is 1. The number of hydrogen-bond acceptors (Lipinski definition) is 1. The Bertz CT molecular complexity index is 521. The van der Waals surface area contributed by atoms with E-state index in [9.17, 15) is 5.11 Å². The number of halogens is 1. The van der Waals surface area contributed by atoms with E-state index in [2.05, 4.69) is 54.0 Å². The van der Waals surface area contributed by atoms with Crippen LogP contribution in [-0.2, 0) is 0 Å². The Morgan fingerprint density at radius 2 is 1.76 bits per heavy atom. The zero-order chi connectivity index (χ0) is 12.4. The molecule has 0 radical (unpaired) electrons. The average Bonchev–Trinajstić information content (AvgIpc) is 2.36. The van der Waals surface area contributed by atoms with E-state index < -0.39 is 0 Å². The third-order valence-electron chi connectivity index (χ3n) is 3.35. The summed E-state index contributed by atoms with van der Waals surface area (Å²) in [4.78, 5) is 0. The Morgan fingerprint density at radius 1 is 1.12 bits per heavy atom. The maximum atomic E-state index is 10.2. The fourth-order valence-corrected chi connectivity index (χ4v) is 2.35. The highest BCUT2D eigenvalue weighted by Crippen LogP contribution is 2.28. The lowest BCUT2D eigenvalue weighted by Crippen LogP contribution is -2.07. The summed E-state index contributed by atoms with van der Waals surface area (Å²) in [5.74, 6) is 0.294. The van der Waals surface area contributed by atoms with Crippen LogP contribution in [0, 0.1) is 5.92 Å². The standard InChI is InChI=1S/C15H17BrO/c1-3-10(2)15(17)13-5-4-12-9-14(16)7-6-11(12)8-13/h4-10,15,17H,3H2,1-2H3. The largest absolute Gasteiger partial charge is 0.388 e. The van der Waals surface area contributed by atoms with E-state index in [1.54, 1.807) is 0 Å². The Balaban J connectivity index is 2.41. The summed E-state index contributed by atoms with van der Waals surface area (Å²) < 4.78 is 1.08. The minimum atomic E-state index is -0.368. The van der Waals surface area contributed by atoms with Crippen LogP contribution in [0.25, 0.3) is 10.8 Å². The third-order valence-corrected chi connectivity index (χ3v) is 3.84. The lowest BCUT2D eigenvalue weighted by molar-refractivity contribution is 0.115. The quantitative estimate of drug-likeness (QED) is 0.871. The highest BCUT2D eigenvalue weighted by molar-refractivity contribution is 9.10. The zero-order valence-electron chi connectivity index (χ0n) is 10.2. The van der Waals surface area contributed by atoms with Crippen molar-refractivity contribution in [1.82, 2.24) is 0 Å². The van der Waals surface area contributed by atoms with Crippen LogP contribution in [-0.4, -0.2) is 5.11 Å². The maximum absolute atomic E-state index is 10.2. The summed E-state index contributed by atoms with van der Waals surface area (Å²) in [6.45, 7) is 4.18. The van der Waals surface area contributed by atoms with Crippen molar-refractivity contribution in [3.05, 3.63) is 46.4 Å². The summed E-state index contributed by atoms with van der Waals surface area (Å²) in [7, 11) is 0. The molecule has 1 nitrogen and oxygen atoms in total. The second-order valence-corrected chi connectivity index (χ2v) is 5.50.